The van der Waals surface area contributed by atoms with Crippen molar-refractivity contribution in [3.63, 3.8) is 0 Å². The molecule has 0 fully saturated rings. The SMILES string of the molecule is COc1ccc(CCNC(=O)[C@H](C)Sc2nnc(-c3ccncc3)n2C)cc1. The molecule has 0 spiro atoms. The molecule has 0 bridgehead atoms. The van der Waals surface area contributed by atoms with Gasteiger partial charge in [-0.3, -0.25) is 9.78 Å². The van der Waals surface area contributed by atoms with Crippen molar-refractivity contribution in [2.45, 2.75) is 23.8 Å². The molecule has 3 rings (SSSR count). The number of hydrogen-bond acceptors (Lipinski definition) is 6. The van der Waals surface area contributed by atoms with Crippen LogP contribution in [0.5, 0.6) is 5.75 Å². The number of pyridine rings is 1. The van der Waals surface area contributed by atoms with Crippen molar-refractivity contribution in [1.29, 1.82) is 0 Å². The van der Waals surface area contributed by atoms with E-state index in [1.54, 1.807) is 19.5 Å². The third-order valence-electron chi connectivity index (χ3n) is 4.30. The van der Waals surface area contributed by atoms with Crippen LogP contribution in [0.1, 0.15) is 12.5 Å². The largest absolute Gasteiger partial charge is 0.497 e. The fraction of sp³-hybridized carbons (Fsp3) is 0.300. The van der Waals surface area contributed by atoms with Gasteiger partial charge in [-0.2, -0.15) is 0 Å². The first-order chi connectivity index (χ1) is 13.6. The predicted molar refractivity (Wildman–Crippen MR) is 109 cm³/mol. The van der Waals surface area contributed by atoms with Gasteiger partial charge in [0.15, 0.2) is 11.0 Å². The number of benzene rings is 1. The van der Waals surface area contributed by atoms with Gasteiger partial charge in [-0.15, -0.1) is 10.2 Å². The molecule has 1 amide bonds. The number of amides is 1. The summed E-state index contributed by atoms with van der Waals surface area (Å²) < 4.78 is 7.04. The second-order valence-corrected chi connectivity index (χ2v) is 7.56. The summed E-state index contributed by atoms with van der Waals surface area (Å²) in [4.78, 5) is 16.4. The van der Waals surface area contributed by atoms with E-state index in [4.69, 9.17) is 4.74 Å². The van der Waals surface area contributed by atoms with Gasteiger partial charge in [0, 0.05) is 31.5 Å². The maximum absolute atomic E-state index is 12.4. The van der Waals surface area contributed by atoms with E-state index >= 15 is 0 Å². The molecule has 0 aliphatic rings. The number of thioether (sulfide) groups is 1. The van der Waals surface area contributed by atoms with Gasteiger partial charge in [0.2, 0.25) is 5.91 Å². The molecule has 0 aliphatic heterocycles. The van der Waals surface area contributed by atoms with E-state index < -0.39 is 0 Å². The molecule has 2 heterocycles. The van der Waals surface area contributed by atoms with Crippen LogP contribution in [0, 0.1) is 0 Å². The quantitative estimate of drug-likeness (QED) is 0.589. The standard InChI is InChI=1S/C20H23N5O2S/c1-14(19(26)22-13-8-15-4-6-17(27-3)7-5-15)28-20-24-23-18(25(20)2)16-9-11-21-12-10-16/h4-7,9-12,14H,8,13H2,1-3H3,(H,22,26)/t14-/m0/s1. The Morgan fingerprint density at radius 3 is 2.57 bits per heavy atom. The number of rotatable bonds is 8. The Morgan fingerprint density at radius 1 is 1.18 bits per heavy atom. The summed E-state index contributed by atoms with van der Waals surface area (Å²) in [5.74, 6) is 1.55. The number of nitrogens with zero attached hydrogens (tertiary/aromatic N) is 4. The first-order valence-electron chi connectivity index (χ1n) is 8.95. The van der Waals surface area contributed by atoms with Crippen molar-refractivity contribution >= 4 is 17.7 Å². The van der Waals surface area contributed by atoms with E-state index in [2.05, 4.69) is 20.5 Å². The van der Waals surface area contributed by atoms with Crippen molar-refractivity contribution < 1.29 is 9.53 Å². The molecule has 0 radical (unpaired) electrons. The van der Waals surface area contributed by atoms with Gasteiger partial charge in [-0.1, -0.05) is 23.9 Å². The minimum absolute atomic E-state index is 0.0213. The minimum atomic E-state index is -0.274. The average Bonchev–Trinajstić information content (AvgIpc) is 3.09. The topological polar surface area (TPSA) is 81.9 Å². The lowest BCUT2D eigenvalue weighted by molar-refractivity contribution is -0.120. The highest BCUT2D eigenvalue weighted by atomic mass is 32.2. The Bertz CT molecular complexity index is 912. The lowest BCUT2D eigenvalue weighted by Crippen LogP contribution is -2.32. The summed E-state index contributed by atoms with van der Waals surface area (Å²) in [6.45, 7) is 2.45. The molecule has 146 valence electrons. The maximum Gasteiger partial charge on any atom is 0.233 e. The van der Waals surface area contributed by atoms with Gasteiger partial charge in [-0.05, 0) is 43.2 Å². The lowest BCUT2D eigenvalue weighted by atomic mass is 10.1. The average molecular weight is 398 g/mol. The Labute approximate surface area is 168 Å². The summed E-state index contributed by atoms with van der Waals surface area (Å²) in [6.07, 6.45) is 4.20. The van der Waals surface area contributed by atoms with E-state index in [0.717, 1.165) is 29.1 Å². The number of methoxy groups -OCH3 is 1. The smallest absolute Gasteiger partial charge is 0.233 e. The van der Waals surface area contributed by atoms with Gasteiger partial charge in [0.05, 0.1) is 12.4 Å². The molecule has 28 heavy (non-hydrogen) atoms. The highest BCUT2D eigenvalue weighted by Gasteiger charge is 2.19. The molecule has 0 saturated heterocycles. The Hall–Kier alpha value is -2.87. The van der Waals surface area contributed by atoms with Gasteiger partial charge in [-0.25, -0.2) is 0 Å². The number of carbonyl (C=O) groups is 1. The fourth-order valence-corrected chi connectivity index (χ4v) is 3.49. The van der Waals surface area contributed by atoms with Crippen LogP contribution in [0.2, 0.25) is 0 Å². The molecule has 3 aromatic rings. The number of nitrogens with one attached hydrogen (secondary N) is 1. The molecule has 8 heteroatoms. The molecule has 2 aromatic heterocycles. The van der Waals surface area contributed by atoms with Gasteiger partial charge in [0.25, 0.3) is 0 Å². The van der Waals surface area contributed by atoms with Crippen LogP contribution in [-0.4, -0.2) is 44.6 Å². The van der Waals surface area contributed by atoms with Crippen molar-refractivity contribution in [3.8, 4) is 17.1 Å². The zero-order valence-corrected chi connectivity index (χ0v) is 16.9. The van der Waals surface area contributed by atoms with E-state index in [9.17, 15) is 4.79 Å². The fourth-order valence-electron chi connectivity index (χ4n) is 2.65. The van der Waals surface area contributed by atoms with E-state index in [1.807, 2.05) is 54.9 Å². The third-order valence-corrected chi connectivity index (χ3v) is 5.43. The molecular weight excluding hydrogens is 374 g/mol. The Kier molecular flexibility index (Phi) is 6.65. The summed E-state index contributed by atoms with van der Waals surface area (Å²) in [5, 5.41) is 11.9. The normalized spacial score (nSPS) is 11.8. The molecule has 0 aliphatic carbocycles. The molecule has 1 N–H and O–H groups in total. The van der Waals surface area contributed by atoms with Crippen molar-refractivity contribution in [2.24, 2.45) is 7.05 Å². The van der Waals surface area contributed by atoms with Crippen LogP contribution in [-0.2, 0) is 18.3 Å². The number of carbonyl (C=O) groups excluding carboxylic acids is 1. The van der Waals surface area contributed by atoms with Crippen molar-refractivity contribution in [1.82, 2.24) is 25.1 Å². The van der Waals surface area contributed by atoms with Crippen molar-refractivity contribution in [3.05, 3.63) is 54.4 Å². The zero-order chi connectivity index (χ0) is 19.9. The van der Waals surface area contributed by atoms with E-state index in [-0.39, 0.29) is 11.2 Å². The third kappa shape index (κ3) is 4.89. The Morgan fingerprint density at radius 2 is 1.89 bits per heavy atom. The second kappa shape index (κ2) is 9.36. The van der Waals surface area contributed by atoms with Crippen LogP contribution in [0.15, 0.2) is 53.9 Å². The number of aromatic nitrogens is 4. The van der Waals surface area contributed by atoms with E-state index in [0.29, 0.717) is 11.7 Å². The molecule has 0 saturated carbocycles. The zero-order valence-electron chi connectivity index (χ0n) is 16.1. The Balaban J connectivity index is 1.52. The number of hydrogen-bond donors (Lipinski definition) is 1. The maximum atomic E-state index is 12.4. The summed E-state index contributed by atoms with van der Waals surface area (Å²) in [6, 6.07) is 11.6. The van der Waals surface area contributed by atoms with Crippen LogP contribution >= 0.6 is 11.8 Å². The van der Waals surface area contributed by atoms with Crippen molar-refractivity contribution in [2.75, 3.05) is 13.7 Å². The first-order valence-corrected chi connectivity index (χ1v) is 9.83. The summed E-state index contributed by atoms with van der Waals surface area (Å²) in [7, 11) is 3.54. The minimum Gasteiger partial charge on any atom is -0.497 e. The number of ether oxygens (including phenoxy) is 1. The van der Waals surface area contributed by atoms with Gasteiger partial charge < -0.3 is 14.6 Å². The molecule has 0 unspecified atom stereocenters. The van der Waals surface area contributed by atoms with Crippen LogP contribution in [0.25, 0.3) is 11.4 Å². The second-order valence-electron chi connectivity index (χ2n) is 6.25. The van der Waals surface area contributed by atoms with Gasteiger partial charge in [0.1, 0.15) is 5.75 Å². The molecular formula is C20H23N5O2S. The van der Waals surface area contributed by atoms with Crippen LogP contribution in [0.3, 0.4) is 0 Å². The van der Waals surface area contributed by atoms with Crippen LogP contribution < -0.4 is 10.1 Å². The summed E-state index contributed by atoms with van der Waals surface area (Å²) >= 11 is 1.39. The highest BCUT2D eigenvalue weighted by Crippen LogP contribution is 2.25. The predicted octanol–water partition coefficient (Wildman–Crippen LogP) is 2.73. The molecule has 7 nitrogen and oxygen atoms in total. The first kappa shape index (κ1) is 19.9. The van der Waals surface area contributed by atoms with Gasteiger partial charge >= 0.3 is 0 Å². The van der Waals surface area contributed by atoms with E-state index in [1.165, 1.54) is 11.8 Å². The highest BCUT2D eigenvalue weighted by molar-refractivity contribution is 8.00. The monoisotopic (exact) mass is 397 g/mol. The molecule has 1 atom stereocenters. The van der Waals surface area contributed by atoms with Crippen LogP contribution in [0.4, 0.5) is 0 Å². The molecule has 1 aromatic carbocycles. The summed E-state index contributed by atoms with van der Waals surface area (Å²) in [5.41, 5.74) is 2.09. The lowest BCUT2D eigenvalue weighted by Gasteiger charge is -2.12.